The number of aromatic nitrogens is 2. The zero-order valence-electron chi connectivity index (χ0n) is 22.8. The van der Waals surface area contributed by atoms with Gasteiger partial charge in [-0.2, -0.15) is 0 Å². The number of nitrogens with one attached hydrogen (secondary N) is 2. The van der Waals surface area contributed by atoms with E-state index in [2.05, 4.69) is 15.6 Å². The van der Waals surface area contributed by atoms with Gasteiger partial charge in [-0.05, 0) is 50.7 Å². The Morgan fingerprint density at radius 1 is 0.975 bits per heavy atom. The normalized spacial score (nSPS) is 14.3. The van der Waals surface area contributed by atoms with E-state index in [0.717, 1.165) is 37.1 Å². The van der Waals surface area contributed by atoms with Crippen LogP contribution >= 0.6 is 24.8 Å². The first kappa shape index (κ1) is 32.8. The van der Waals surface area contributed by atoms with Gasteiger partial charge in [0.25, 0.3) is 0 Å². The summed E-state index contributed by atoms with van der Waals surface area (Å²) in [6.07, 6.45) is 6.19. The Morgan fingerprint density at radius 3 is 2.17 bits per heavy atom. The van der Waals surface area contributed by atoms with Gasteiger partial charge in [0.15, 0.2) is 5.82 Å². The molecule has 1 unspecified atom stereocenters. The molecule has 1 aliphatic rings. The molecule has 1 saturated heterocycles. The van der Waals surface area contributed by atoms with Gasteiger partial charge in [0, 0.05) is 19.3 Å². The number of rotatable bonds is 10. The summed E-state index contributed by atoms with van der Waals surface area (Å²) in [5.74, 6) is -0.513. The zero-order chi connectivity index (χ0) is 27.1. The van der Waals surface area contributed by atoms with Crippen LogP contribution < -0.4 is 16.4 Å². The molecule has 4 N–H and O–H groups in total. The molecule has 0 bridgehead atoms. The lowest BCUT2D eigenvalue weighted by Crippen LogP contribution is -2.55. The van der Waals surface area contributed by atoms with Gasteiger partial charge in [0.1, 0.15) is 12.1 Å². The maximum absolute atomic E-state index is 13.5. The average Bonchev–Trinajstić information content (AvgIpc) is 3.60. The molecule has 40 heavy (non-hydrogen) atoms. The standard InChI is InChI=1S/C29H36N6O3.2ClH/c1-29(2,30)28(38)32-23(16-15-21-11-5-3-6-12-21)26(36)33-24-19-35(20-31-24)25(22-13-7-4-8-14-22)27(37)34-17-9-10-18-34;;/h3-8,11-14,19-20,23,25H,9-10,15-18,30H2,1-2H3,(H,32,38)(H,33,36);2*1H/t23-,25?;;/m1../s1. The molecule has 11 heteroatoms. The number of imidazole rings is 1. The van der Waals surface area contributed by atoms with Gasteiger partial charge in [-0.3, -0.25) is 14.4 Å². The summed E-state index contributed by atoms with van der Waals surface area (Å²) in [7, 11) is 0. The van der Waals surface area contributed by atoms with Crippen LogP contribution in [-0.2, 0) is 20.8 Å². The number of nitrogens with zero attached hydrogens (tertiary/aromatic N) is 3. The van der Waals surface area contributed by atoms with Gasteiger partial charge in [-0.1, -0.05) is 60.7 Å². The largest absolute Gasteiger partial charge is 0.343 e. The molecule has 4 rings (SSSR count). The molecule has 0 saturated carbocycles. The second kappa shape index (κ2) is 14.8. The van der Waals surface area contributed by atoms with Crippen LogP contribution in [0.3, 0.4) is 0 Å². The van der Waals surface area contributed by atoms with Gasteiger partial charge in [-0.15, -0.1) is 24.8 Å². The van der Waals surface area contributed by atoms with Crippen molar-refractivity contribution in [2.75, 3.05) is 18.4 Å². The third-order valence-electron chi connectivity index (χ3n) is 6.69. The predicted molar refractivity (Wildman–Crippen MR) is 161 cm³/mol. The summed E-state index contributed by atoms with van der Waals surface area (Å²) in [6.45, 7) is 4.66. The van der Waals surface area contributed by atoms with Crippen LogP contribution in [0.25, 0.3) is 0 Å². The van der Waals surface area contributed by atoms with E-state index >= 15 is 0 Å². The van der Waals surface area contributed by atoms with Crippen molar-refractivity contribution < 1.29 is 14.4 Å². The summed E-state index contributed by atoms with van der Waals surface area (Å²) in [6, 6.07) is 17.9. The fourth-order valence-electron chi connectivity index (χ4n) is 4.51. The van der Waals surface area contributed by atoms with Crippen LogP contribution in [0, 0.1) is 0 Å². The zero-order valence-corrected chi connectivity index (χ0v) is 24.4. The van der Waals surface area contributed by atoms with Gasteiger partial charge >= 0.3 is 0 Å². The first-order valence-corrected chi connectivity index (χ1v) is 13.0. The molecular formula is C29H38Cl2N6O3. The van der Waals surface area contributed by atoms with E-state index in [1.54, 1.807) is 30.9 Å². The van der Waals surface area contributed by atoms with Crippen molar-refractivity contribution in [2.45, 2.75) is 57.2 Å². The summed E-state index contributed by atoms with van der Waals surface area (Å²) in [5.41, 5.74) is 6.73. The molecule has 0 radical (unpaired) electrons. The Labute approximate surface area is 247 Å². The van der Waals surface area contributed by atoms with Crippen molar-refractivity contribution in [1.82, 2.24) is 19.8 Å². The molecule has 1 aliphatic heterocycles. The fourth-order valence-corrected chi connectivity index (χ4v) is 4.51. The van der Waals surface area contributed by atoms with E-state index in [4.69, 9.17) is 5.73 Å². The second-order valence-electron chi connectivity index (χ2n) is 10.3. The number of halogens is 2. The van der Waals surface area contributed by atoms with Crippen molar-refractivity contribution >= 4 is 48.4 Å². The van der Waals surface area contributed by atoms with Crippen molar-refractivity contribution in [1.29, 1.82) is 0 Å². The molecule has 1 fully saturated rings. The first-order valence-electron chi connectivity index (χ1n) is 13.0. The van der Waals surface area contributed by atoms with Gasteiger partial charge in [-0.25, -0.2) is 4.98 Å². The topological polar surface area (TPSA) is 122 Å². The molecular weight excluding hydrogens is 551 g/mol. The highest BCUT2D eigenvalue weighted by atomic mass is 35.5. The lowest BCUT2D eigenvalue weighted by atomic mass is 10.0. The highest BCUT2D eigenvalue weighted by Gasteiger charge is 2.31. The summed E-state index contributed by atoms with van der Waals surface area (Å²) in [5, 5.41) is 5.61. The molecule has 3 aromatic rings. The third kappa shape index (κ3) is 8.55. The van der Waals surface area contributed by atoms with Crippen LogP contribution in [0.1, 0.15) is 50.3 Å². The van der Waals surface area contributed by atoms with E-state index in [1.807, 2.05) is 65.6 Å². The Hall–Kier alpha value is -3.40. The SMILES string of the molecule is CC(C)(N)C(=O)N[C@H](CCc1ccccc1)C(=O)Nc1cn(C(C(=O)N2CCCC2)c2ccccc2)cn1.Cl.Cl. The van der Waals surface area contributed by atoms with Gasteiger partial charge in [0.2, 0.25) is 17.7 Å². The number of carbonyl (C=O) groups is 3. The number of carbonyl (C=O) groups excluding carboxylic acids is 3. The molecule has 3 amide bonds. The molecule has 2 atom stereocenters. The Bertz CT molecular complexity index is 1240. The third-order valence-corrected chi connectivity index (χ3v) is 6.69. The van der Waals surface area contributed by atoms with Crippen LogP contribution in [0.4, 0.5) is 5.82 Å². The Balaban J connectivity index is 0.00000280. The smallest absolute Gasteiger partial charge is 0.250 e. The molecule has 0 spiro atoms. The minimum atomic E-state index is -1.13. The van der Waals surface area contributed by atoms with E-state index in [0.29, 0.717) is 18.7 Å². The van der Waals surface area contributed by atoms with Gasteiger partial charge in [0.05, 0.1) is 11.9 Å². The molecule has 9 nitrogen and oxygen atoms in total. The van der Waals surface area contributed by atoms with Crippen molar-refractivity contribution in [3.8, 4) is 0 Å². The van der Waals surface area contributed by atoms with E-state index in [9.17, 15) is 14.4 Å². The van der Waals surface area contributed by atoms with E-state index < -0.39 is 29.4 Å². The Morgan fingerprint density at radius 2 is 1.57 bits per heavy atom. The van der Waals surface area contributed by atoms with E-state index in [1.165, 1.54) is 0 Å². The van der Waals surface area contributed by atoms with Crippen LogP contribution in [0.5, 0.6) is 0 Å². The minimum absolute atomic E-state index is 0. The molecule has 216 valence electrons. The van der Waals surface area contributed by atoms with Crippen LogP contribution in [0.2, 0.25) is 0 Å². The average molecular weight is 590 g/mol. The summed E-state index contributed by atoms with van der Waals surface area (Å²) >= 11 is 0. The van der Waals surface area contributed by atoms with Crippen molar-refractivity contribution in [3.63, 3.8) is 0 Å². The Kier molecular flexibility index (Phi) is 12.2. The maximum Gasteiger partial charge on any atom is 0.250 e. The summed E-state index contributed by atoms with van der Waals surface area (Å²) < 4.78 is 1.73. The number of nitrogens with two attached hydrogens (primary N) is 1. The molecule has 0 aliphatic carbocycles. The molecule has 2 heterocycles. The van der Waals surface area contributed by atoms with Gasteiger partial charge < -0.3 is 25.8 Å². The lowest BCUT2D eigenvalue weighted by Gasteiger charge is -2.24. The minimum Gasteiger partial charge on any atom is -0.343 e. The number of likely N-dealkylation sites (tertiary alicyclic amines) is 1. The monoisotopic (exact) mass is 588 g/mol. The first-order chi connectivity index (χ1) is 18.2. The van der Waals surface area contributed by atoms with Crippen LogP contribution in [0.15, 0.2) is 73.2 Å². The van der Waals surface area contributed by atoms with Crippen molar-refractivity contribution in [2.24, 2.45) is 5.73 Å². The summed E-state index contributed by atoms with van der Waals surface area (Å²) in [4.78, 5) is 45.6. The van der Waals surface area contributed by atoms with E-state index in [-0.39, 0.29) is 30.7 Å². The maximum atomic E-state index is 13.5. The van der Waals surface area contributed by atoms with Crippen LogP contribution in [-0.4, -0.2) is 56.8 Å². The predicted octanol–water partition coefficient (Wildman–Crippen LogP) is 3.73. The van der Waals surface area contributed by atoms with Crippen molar-refractivity contribution in [3.05, 3.63) is 84.3 Å². The highest BCUT2D eigenvalue weighted by Crippen LogP contribution is 2.24. The lowest BCUT2D eigenvalue weighted by molar-refractivity contribution is -0.132. The number of hydrogen-bond donors (Lipinski definition) is 3. The fraction of sp³-hybridized carbons (Fsp3) is 0.379. The number of aryl methyl sites for hydroxylation is 1. The number of anilines is 1. The highest BCUT2D eigenvalue weighted by molar-refractivity contribution is 5.98. The quantitative estimate of drug-likeness (QED) is 0.333. The molecule has 1 aromatic heterocycles. The number of benzene rings is 2. The number of hydrogen-bond acceptors (Lipinski definition) is 5. The number of amides is 3. The second-order valence-corrected chi connectivity index (χ2v) is 10.3. The molecule has 2 aromatic carbocycles.